The van der Waals surface area contributed by atoms with Gasteiger partial charge in [-0.25, -0.2) is 9.66 Å². The second-order valence-electron chi connectivity index (χ2n) is 5.52. The molecule has 1 aromatic rings. The first kappa shape index (κ1) is 12.9. The molecule has 1 heterocycles. The molecule has 0 radical (unpaired) electrons. The molecule has 0 fully saturated rings. The Morgan fingerprint density at radius 2 is 1.94 bits per heavy atom. The van der Waals surface area contributed by atoms with Crippen molar-refractivity contribution in [2.75, 3.05) is 11.6 Å². The summed E-state index contributed by atoms with van der Waals surface area (Å²) in [5.74, 6) is 7.78. The molecule has 1 rings (SSSR count). The van der Waals surface area contributed by atoms with Crippen molar-refractivity contribution < 1.29 is 0 Å². The molecule has 1 aromatic heterocycles. The topological polar surface area (TPSA) is 69.9 Å². The number of aromatic nitrogens is 2. The van der Waals surface area contributed by atoms with E-state index < -0.39 is 0 Å². The van der Waals surface area contributed by atoms with Crippen molar-refractivity contribution in [3.8, 4) is 0 Å². The van der Waals surface area contributed by atoms with Crippen molar-refractivity contribution >= 4 is 5.82 Å². The summed E-state index contributed by atoms with van der Waals surface area (Å²) in [4.78, 5) is 4.61. The van der Waals surface area contributed by atoms with Gasteiger partial charge in [-0.15, -0.1) is 0 Å². The van der Waals surface area contributed by atoms with E-state index >= 15 is 0 Å². The standard InChI is InChI=1S/C12H24N4/c1-6-7-8(2)9-10(13)16(14)11(15-9)12(3,4)5/h8H,6-7,13-14H2,1-5H3. The van der Waals surface area contributed by atoms with Crippen molar-refractivity contribution in [1.29, 1.82) is 0 Å². The summed E-state index contributed by atoms with van der Waals surface area (Å²) in [6.45, 7) is 10.6. The van der Waals surface area contributed by atoms with E-state index in [0.29, 0.717) is 11.7 Å². The van der Waals surface area contributed by atoms with Gasteiger partial charge in [0.1, 0.15) is 11.6 Å². The molecule has 0 aromatic carbocycles. The van der Waals surface area contributed by atoms with Crippen LogP contribution in [-0.4, -0.2) is 9.66 Å². The van der Waals surface area contributed by atoms with E-state index in [1.807, 2.05) is 0 Å². The number of nitrogens with zero attached hydrogens (tertiary/aromatic N) is 2. The summed E-state index contributed by atoms with van der Waals surface area (Å²) in [6.07, 6.45) is 2.22. The lowest BCUT2D eigenvalue weighted by Gasteiger charge is -2.17. The minimum absolute atomic E-state index is 0.0763. The van der Waals surface area contributed by atoms with Gasteiger partial charge in [0.2, 0.25) is 0 Å². The van der Waals surface area contributed by atoms with Crippen LogP contribution in [0.2, 0.25) is 0 Å². The first-order valence-electron chi connectivity index (χ1n) is 5.92. The first-order valence-corrected chi connectivity index (χ1v) is 5.92. The Hall–Kier alpha value is -1.19. The van der Waals surface area contributed by atoms with Gasteiger partial charge in [0.05, 0.1) is 5.69 Å². The second-order valence-corrected chi connectivity index (χ2v) is 5.52. The zero-order valence-corrected chi connectivity index (χ0v) is 11.0. The van der Waals surface area contributed by atoms with E-state index in [0.717, 1.165) is 24.4 Å². The van der Waals surface area contributed by atoms with Gasteiger partial charge in [-0.05, 0) is 6.42 Å². The van der Waals surface area contributed by atoms with Crippen LogP contribution in [0.15, 0.2) is 0 Å². The molecule has 4 nitrogen and oxygen atoms in total. The van der Waals surface area contributed by atoms with Crippen molar-refractivity contribution in [1.82, 2.24) is 9.66 Å². The Kier molecular flexibility index (Phi) is 3.51. The third-order valence-electron chi connectivity index (χ3n) is 2.84. The average Bonchev–Trinajstić information content (AvgIpc) is 2.44. The number of hydrogen-bond acceptors (Lipinski definition) is 3. The summed E-state index contributed by atoms with van der Waals surface area (Å²) in [6, 6.07) is 0. The molecule has 4 heteroatoms. The molecular weight excluding hydrogens is 200 g/mol. The number of hydrogen-bond donors (Lipinski definition) is 2. The molecule has 0 bridgehead atoms. The van der Waals surface area contributed by atoms with Gasteiger partial charge in [0.15, 0.2) is 0 Å². The van der Waals surface area contributed by atoms with Crippen LogP contribution in [0.5, 0.6) is 0 Å². The molecular formula is C12H24N4. The van der Waals surface area contributed by atoms with Crippen LogP contribution in [0, 0.1) is 0 Å². The van der Waals surface area contributed by atoms with Crippen LogP contribution in [0.4, 0.5) is 5.82 Å². The molecule has 0 amide bonds. The predicted molar refractivity (Wildman–Crippen MR) is 68.8 cm³/mol. The number of nitrogens with two attached hydrogens (primary N) is 2. The monoisotopic (exact) mass is 224 g/mol. The lowest BCUT2D eigenvalue weighted by Crippen LogP contribution is -2.24. The summed E-state index contributed by atoms with van der Waals surface area (Å²) in [5.41, 5.74) is 6.87. The highest BCUT2D eigenvalue weighted by Crippen LogP contribution is 2.29. The molecule has 0 saturated carbocycles. The summed E-state index contributed by atoms with van der Waals surface area (Å²) in [7, 11) is 0. The molecule has 92 valence electrons. The van der Waals surface area contributed by atoms with Crippen molar-refractivity contribution in [3.05, 3.63) is 11.5 Å². The highest BCUT2D eigenvalue weighted by atomic mass is 15.4. The summed E-state index contributed by atoms with van der Waals surface area (Å²) in [5, 5.41) is 0. The van der Waals surface area contributed by atoms with Gasteiger partial charge in [-0.2, -0.15) is 0 Å². The van der Waals surface area contributed by atoms with E-state index in [1.54, 1.807) is 0 Å². The number of anilines is 1. The lowest BCUT2D eigenvalue weighted by molar-refractivity contribution is 0.528. The summed E-state index contributed by atoms with van der Waals surface area (Å²) >= 11 is 0. The van der Waals surface area contributed by atoms with Crippen LogP contribution >= 0.6 is 0 Å². The Bertz CT molecular complexity index is 360. The van der Waals surface area contributed by atoms with Gasteiger partial charge in [-0.1, -0.05) is 41.0 Å². The van der Waals surface area contributed by atoms with E-state index in [4.69, 9.17) is 11.6 Å². The van der Waals surface area contributed by atoms with Crippen LogP contribution in [0.1, 0.15) is 64.9 Å². The molecule has 4 N–H and O–H groups in total. The van der Waals surface area contributed by atoms with Gasteiger partial charge in [0.25, 0.3) is 0 Å². The molecule has 1 unspecified atom stereocenters. The fraction of sp³-hybridized carbons (Fsp3) is 0.750. The number of nitrogen functional groups attached to an aromatic ring is 2. The van der Waals surface area contributed by atoms with Crippen LogP contribution < -0.4 is 11.6 Å². The van der Waals surface area contributed by atoms with Crippen LogP contribution in [-0.2, 0) is 5.41 Å². The van der Waals surface area contributed by atoms with Crippen molar-refractivity contribution in [2.24, 2.45) is 0 Å². The largest absolute Gasteiger partial charge is 0.382 e. The molecule has 0 spiro atoms. The molecule has 0 saturated heterocycles. The quantitative estimate of drug-likeness (QED) is 0.774. The minimum atomic E-state index is -0.0763. The maximum Gasteiger partial charge on any atom is 0.146 e. The Morgan fingerprint density at radius 1 is 1.38 bits per heavy atom. The van der Waals surface area contributed by atoms with Crippen LogP contribution in [0.25, 0.3) is 0 Å². The van der Waals surface area contributed by atoms with Crippen molar-refractivity contribution in [2.45, 2.75) is 58.8 Å². The van der Waals surface area contributed by atoms with Crippen LogP contribution in [0.3, 0.4) is 0 Å². The number of rotatable bonds is 3. The Labute approximate surface area is 98.0 Å². The third kappa shape index (κ3) is 2.31. The highest BCUT2D eigenvalue weighted by molar-refractivity contribution is 5.41. The fourth-order valence-corrected chi connectivity index (χ4v) is 1.92. The van der Waals surface area contributed by atoms with Gasteiger partial charge in [-0.3, -0.25) is 0 Å². The molecule has 16 heavy (non-hydrogen) atoms. The molecule has 0 aliphatic rings. The lowest BCUT2D eigenvalue weighted by atomic mass is 9.96. The smallest absolute Gasteiger partial charge is 0.146 e. The van der Waals surface area contributed by atoms with Gasteiger partial charge >= 0.3 is 0 Å². The van der Waals surface area contributed by atoms with Gasteiger partial charge < -0.3 is 11.6 Å². The second kappa shape index (κ2) is 4.36. The maximum atomic E-state index is 6.01. The third-order valence-corrected chi connectivity index (χ3v) is 2.84. The highest BCUT2D eigenvalue weighted by Gasteiger charge is 2.25. The zero-order valence-electron chi connectivity index (χ0n) is 11.0. The number of imidazole rings is 1. The normalized spacial score (nSPS) is 14.1. The van der Waals surface area contributed by atoms with E-state index in [9.17, 15) is 0 Å². The maximum absolute atomic E-state index is 6.01. The zero-order chi connectivity index (χ0) is 12.5. The van der Waals surface area contributed by atoms with Gasteiger partial charge in [0, 0.05) is 11.3 Å². The molecule has 1 atom stereocenters. The molecule has 0 aliphatic carbocycles. The molecule has 0 aliphatic heterocycles. The minimum Gasteiger partial charge on any atom is -0.382 e. The van der Waals surface area contributed by atoms with E-state index in [1.165, 1.54) is 4.68 Å². The Morgan fingerprint density at radius 3 is 2.31 bits per heavy atom. The Balaban J connectivity index is 3.14. The fourth-order valence-electron chi connectivity index (χ4n) is 1.92. The average molecular weight is 224 g/mol. The summed E-state index contributed by atoms with van der Waals surface area (Å²) < 4.78 is 1.53. The van der Waals surface area contributed by atoms with E-state index in [2.05, 4.69) is 39.6 Å². The first-order chi connectivity index (χ1) is 7.29. The SMILES string of the molecule is CCCC(C)c1nc(C(C)(C)C)n(N)c1N. The predicted octanol–water partition coefficient (Wildman–Crippen LogP) is 2.38. The van der Waals surface area contributed by atoms with E-state index in [-0.39, 0.29) is 5.41 Å². The van der Waals surface area contributed by atoms with Crippen molar-refractivity contribution in [3.63, 3.8) is 0 Å².